The van der Waals surface area contributed by atoms with Crippen LogP contribution in [0.15, 0.2) is 24.3 Å². The highest BCUT2D eigenvalue weighted by Crippen LogP contribution is 2.30. The summed E-state index contributed by atoms with van der Waals surface area (Å²) in [6, 6.07) is 7.58. The van der Waals surface area contributed by atoms with Gasteiger partial charge in [0.25, 0.3) is 0 Å². The van der Waals surface area contributed by atoms with E-state index in [2.05, 4.69) is 0 Å². The molecule has 0 bridgehead atoms. The van der Waals surface area contributed by atoms with Crippen LogP contribution >= 0.6 is 11.6 Å². The monoisotopic (exact) mass is 280 g/mol. The molecule has 1 aromatic rings. The molecule has 0 aliphatic heterocycles. The molecule has 19 heavy (non-hydrogen) atoms. The van der Waals surface area contributed by atoms with Crippen molar-refractivity contribution < 1.29 is 4.79 Å². The summed E-state index contributed by atoms with van der Waals surface area (Å²) in [5.74, 6) is 0.124. The summed E-state index contributed by atoms with van der Waals surface area (Å²) in [7, 11) is 1.83. The van der Waals surface area contributed by atoms with Crippen LogP contribution in [-0.4, -0.2) is 23.4 Å². The highest BCUT2D eigenvalue weighted by atomic mass is 35.5. The molecule has 0 aromatic heterocycles. The summed E-state index contributed by atoms with van der Waals surface area (Å²) < 4.78 is 0. The van der Waals surface area contributed by atoms with E-state index in [9.17, 15) is 4.79 Å². The number of amides is 1. The summed E-state index contributed by atoms with van der Waals surface area (Å²) in [6.07, 6.45) is 4.67. The number of carbonyl (C=O) groups is 1. The number of halogens is 1. The van der Waals surface area contributed by atoms with Crippen LogP contribution in [0.2, 0.25) is 5.02 Å². The standard InChI is InChI=1S/C15H21ClN2O/c1-18(11-12-4-6-13(16)7-5-12)14(19)10-15(17)8-2-3-9-15/h4-7H,2-3,8-11,17H2,1H3. The number of nitrogens with two attached hydrogens (primary N) is 1. The van der Waals surface area contributed by atoms with E-state index in [0.717, 1.165) is 31.2 Å². The normalized spacial score (nSPS) is 17.4. The van der Waals surface area contributed by atoms with Crippen molar-refractivity contribution in [3.05, 3.63) is 34.9 Å². The van der Waals surface area contributed by atoms with Crippen molar-refractivity contribution >= 4 is 17.5 Å². The Labute approximate surface area is 119 Å². The Bertz CT molecular complexity index is 438. The van der Waals surface area contributed by atoms with Gasteiger partial charge >= 0.3 is 0 Å². The minimum absolute atomic E-state index is 0.124. The van der Waals surface area contributed by atoms with Gasteiger partial charge < -0.3 is 10.6 Å². The van der Waals surface area contributed by atoms with E-state index < -0.39 is 0 Å². The molecular formula is C15H21ClN2O. The maximum atomic E-state index is 12.2. The van der Waals surface area contributed by atoms with E-state index in [1.54, 1.807) is 4.90 Å². The van der Waals surface area contributed by atoms with Gasteiger partial charge in [-0.3, -0.25) is 4.79 Å². The fourth-order valence-corrected chi connectivity index (χ4v) is 2.77. The summed E-state index contributed by atoms with van der Waals surface area (Å²) in [5, 5.41) is 0.713. The van der Waals surface area contributed by atoms with Crippen LogP contribution in [0, 0.1) is 0 Å². The quantitative estimate of drug-likeness (QED) is 0.922. The van der Waals surface area contributed by atoms with Crippen molar-refractivity contribution in [3.8, 4) is 0 Å². The Hall–Kier alpha value is -1.06. The van der Waals surface area contributed by atoms with E-state index in [1.807, 2.05) is 31.3 Å². The second kappa shape index (κ2) is 5.93. The molecule has 3 nitrogen and oxygen atoms in total. The van der Waals surface area contributed by atoms with Crippen LogP contribution in [-0.2, 0) is 11.3 Å². The first kappa shape index (κ1) is 14.4. The largest absolute Gasteiger partial charge is 0.341 e. The molecule has 1 saturated carbocycles. The Morgan fingerprint density at radius 1 is 1.32 bits per heavy atom. The number of carbonyl (C=O) groups excluding carboxylic acids is 1. The Morgan fingerprint density at radius 2 is 1.89 bits per heavy atom. The Kier molecular flexibility index (Phi) is 4.48. The number of benzene rings is 1. The molecule has 0 heterocycles. The molecule has 0 spiro atoms. The van der Waals surface area contributed by atoms with Gasteiger partial charge in [-0.25, -0.2) is 0 Å². The van der Waals surface area contributed by atoms with Crippen LogP contribution in [0.4, 0.5) is 0 Å². The minimum atomic E-state index is -0.272. The second-order valence-corrected chi connectivity index (χ2v) is 6.06. The summed E-state index contributed by atoms with van der Waals surface area (Å²) in [4.78, 5) is 13.9. The van der Waals surface area contributed by atoms with E-state index >= 15 is 0 Å². The minimum Gasteiger partial charge on any atom is -0.341 e. The third kappa shape index (κ3) is 3.95. The van der Waals surface area contributed by atoms with E-state index in [4.69, 9.17) is 17.3 Å². The van der Waals surface area contributed by atoms with Gasteiger partial charge in [0.1, 0.15) is 0 Å². The summed E-state index contributed by atoms with van der Waals surface area (Å²) in [6.45, 7) is 0.603. The highest BCUT2D eigenvalue weighted by molar-refractivity contribution is 6.30. The first-order valence-electron chi connectivity index (χ1n) is 6.76. The fraction of sp³-hybridized carbons (Fsp3) is 0.533. The van der Waals surface area contributed by atoms with Crippen molar-refractivity contribution in [1.82, 2.24) is 4.90 Å². The molecule has 0 saturated heterocycles. The molecule has 1 aliphatic carbocycles. The van der Waals surface area contributed by atoms with Crippen molar-refractivity contribution in [1.29, 1.82) is 0 Å². The maximum absolute atomic E-state index is 12.2. The van der Waals surface area contributed by atoms with Crippen LogP contribution in [0.25, 0.3) is 0 Å². The maximum Gasteiger partial charge on any atom is 0.224 e. The number of hydrogen-bond donors (Lipinski definition) is 1. The van der Waals surface area contributed by atoms with Gasteiger partial charge in [0, 0.05) is 30.6 Å². The second-order valence-electron chi connectivity index (χ2n) is 5.62. The van der Waals surface area contributed by atoms with Gasteiger partial charge in [0.15, 0.2) is 0 Å². The fourth-order valence-electron chi connectivity index (χ4n) is 2.64. The molecule has 2 N–H and O–H groups in total. The molecule has 1 aliphatic rings. The zero-order chi connectivity index (χ0) is 13.9. The van der Waals surface area contributed by atoms with Crippen LogP contribution in [0.1, 0.15) is 37.7 Å². The van der Waals surface area contributed by atoms with E-state index in [0.29, 0.717) is 18.0 Å². The SMILES string of the molecule is CN(Cc1ccc(Cl)cc1)C(=O)CC1(N)CCCC1. The Balaban J connectivity index is 1.90. The zero-order valence-corrected chi connectivity index (χ0v) is 12.1. The molecule has 1 amide bonds. The average molecular weight is 281 g/mol. The first-order chi connectivity index (χ1) is 8.98. The zero-order valence-electron chi connectivity index (χ0n) is 11.4. The predicted molar refractivity (Wildman–Crippen MR) is 77.9 cm³/mol. The van der Waals surface area contributed by atoms with Gasteiger partial charge in [-0.1, -0.05) is 36.6 Å². The van der Waals surface area contributed by atoms with Gasteiger partial charge in [-0.15, -0.1) is 0 Å². The number of nitrogens with zero attached hydrogens (tertiary/aromatic N) is 1. The van der Waals surface area contributed by atoms with Crippen LogP contribution < -0.4 is 5.73 Å². The number of hydrogen-bond acceptors (Lipinski definition) is 2. The summed E-state index contributed by atoms with van der Waals surface area (Å²) in [5.41, 5.74) is 7.05. The average Bonchev–Trinajstić information content (AvgIpc) is 2.78. The molecule has 0 unspecified atom stereocenters. The van der Waals surface area contributed by atoms with Crippen molar-refractivity contribution in [2.45, 2.75) is 44.2 Å². The van der Waals surface area contributed by atoms with Gasteiger partial charge in [0.2, 0.25) is 5.91 Å². The predicted octanol–water partition coefficient (Wildman–Crippen LogP) is 2.96. The molecule has 0 radical (unpaired) electrons. The van der Waals surface area contributed by atoms with Crippen molar-refractivity contribution in [2.24, 2.45) is 5.73 Å². The Morgan fingerprint density at radius 3 is 2.47 bits per heavy atom. The van der Waals surface area contributed by atoms with Crippen LogP contribution in [0.5, 0.6) is 0 Å². The highest BCUT2D eigenvalue weighted by Gasteiger charge is 2.32. The molecule has 1 aromatic carbocycles. The molecule has 0 atom stereocenters. The molecular weight excluding hydrogens is 260 g/mol. The third-order valence-corrected chi connectivity index (χ3v) is 4.11. The molecule has 104 valence electrons. The lowest BCUT2D eigenvalue weighted by atomic mass is 9.94. The lowest BCUT2D eigenvalue weighted by molar-refractivity contribution is -0.131. The molecule has 2 rings (SSSR count). The van der Waals surface area contributed by atoms with Crippen LogP contribution in [0.3, 0.4) is 0 Å². The van der Waals surface area contributed by atoms with Gasteiger partial charge in [-0.05, 0) is 30.5 Å². The first-order valence-corrected chi connectivity index (χ1v) is 7.14. The lowest BCUT2D eigenvalue weighted by Gasteiger charge is -2.26. The topological polar surface area (TPSA) is 46.3 Å². The van der Waals surface area contributed by atoms with Gasteiger partial charge in [0.05, 0.1) is 0 Å². The van der Waals surface area contributed by atoms with E-state index in [1.165, 1.54) is 0 Å². The lowest BCUT2D eigenvalue weighted by Crippen LogP contribution is -2.42. The third-order valence-electron chi connectivity index (χ3n) is 3.86. The number of rotatable bonds is 4. The molecule has 1 fully saturated rings. The van der Waals surface area contributed by atoms with Crippen molar-refractivity contribution in [2.75, 3.05) is 7.05 Å². The molecule has 4 heteroatoms. The smallest absolute Gasteiger partial charge is 0.224 e. The van der Waals surface area contributed by atoms with E-state index in [-0.39, 0.29) is 11.4 Å². The van der Waals surface area contributed by atoms with Gasteiger partial charge in [-0.2, -0.15) is 0 Å². The van der Waals surface area contributed by atoms with Crippen molar-refractivity contribution in [3.63, 3.8) is 0 Å². The summed E-state index contributed by atoms with van der Waals surface area (Å²) >= 11 is 5.85.